The summed E-state index contributed by atoms with van der Waals surface area (Å²) >= 11 is 0. The number of aryl methyl sites for hydroxylation is 1. The topological polar surface area (TPSA) is 63.1 Å². The molecule has 0 saturated heterocycles. The molecule has 0 aliphatic rings. The monoisotopic (exact) mass is 385 g/mol. The molecule has 5 nitrogen and oxygen atoms in total. The second kappa shape index (κ2) is 8.19. The predicted molar refractivity (Wildman–Crippen MR) is 117 cm³/mol. The fourth-order valence-corrected chi connectivity index (χ4v) is 3.70. The van der Waals surface area contributed by atoms with Gasteiger partial charge in [-0.15, -0.1) is 0 Å². The number of rotatable bonds is 6. The van der Waals surface area contributed by atoms with E-state index in [1.807, 2.05) is 60.7 Å². The van der Waals surface area contributed by atoms with Crippen molar-refractivity contribution in [3.05, 3.63) is 78.4 Å². The van der Waals surface area contributed by atoms with Crippen LogP contribution in [-0.4, -0.2) is 22.9 Å². The maximum Gasteiger partial charge on any atom is 0.243 e. The lowest BCUT2D eigenvalue weighted by atomic mass is 10.1. The Kier molecular flexibility index (Phi) is 5.29. The normalized spacial score (nSPS) is 10.9. The minimum absolute atomic E-state index is 0.0551. The Balaban J connectivity index is 1.44. The highest BCUT2D eigenvalue weighted by Crippen LogP contribution is 2.30. The van der Waals surface area contributed by atoms with Crippen LogP contribution in [0, 0.1) is 0 Å². The zero-order valence-corrected chi connectivity index (χ0v) is 16.3. The molecule has 2 N–H and O–H groups in total. The van der Waals surface area contributed by atoms with Crippen LogP contribution in [0.2, 0.25) is 0 Å². The van der Waals surface area contributed by atoms with Crippen molar-refractivity contribution in [1.29, 1.82) is 0 Å². The molecule has 29 heavy (non-hydrogen) atoms. The van der Waals surface area contributed by atoms with Crippen molar-refractivity contribution in [1.82, 2.24) is 9.88 Å². The van der Waals surface area contributed by atoms with E-state index >= 15 is 0 Å². The molecule has 5 heteroatoms. The van der Waals surface area contributed by atoms with Gasteiger partial charge in [-0.3, -0.25) is 9.59 Å². The number of carbonyl (C=O) groups excluding carboxylic acids is 2. The first-order valence-corrected chi connectivity index (χ1v) is 9.77. The number of carbonyl (C=O) groups is 2. The maximum atomic E-state index is 12.3. The number of nitrogens with zero attached hydrogens (tertiary/aromatic N) is 1. The fourth-order valence-electron chi connectivity index (χ4n) is 3.70. The molecule has 4 aromatic rings. The summed E-state index contributed by atoms with van der Waals surface area (Å²) in [7, 11) is 0. The summed E-state index contributed by atoms with van der Waals surface area (Å²) < 4.78 is 2.26. The Labute approximate surface area is 169 Å². The lowest BCUT2D eigenvalue weighted by Crippen LogP contribution is -2.33. The van der Waals surface area contributed by atoms with Crippen molar-refractivity contribution in [2.45, 2.75) is 19.9 Å². The molecule has 0 saturated carbocycles. The molecular formula is C24H23N3O2. The van der Waals surface area contributed by atoms with E-state index in [1.165, 1.54) is 5.52 Å². The van der Waals surface area contributed by atoms with Crippen LogP contribution in [0.15, 0.2) is 72.8 Å². The molecule has 1 heterocycles. The van der Waals surface area contributed by atoms with E-state index in [-0.39, 0.29) is 24.8 Å². The van der Waals surface area contributed by atoms with E-state index in [2.05, 4.69) is 34.3 Å². The van der Waals surface area contributed by atoms with E-state index in [0.29, 0.717) is 0 Å². The van der Waals surface area contributed by atoms with Crippen LogP contribution in [-0.2, 0) is 22.6 Å². The first-order valence-electron chi connectivity index (χ1n) is 9.77. The third-order valence-electron chi connectivity index (χ3n) is 5.03. The number of aromatic nitrogens is 1. The lowest BCUT2D eigenvalue weighted by Gasteiger charge is -2.08. The zero-order valence-electron chi connectivity index (χ0n) is 16.3. The second-order valence-corrected chi connectivity index (χ2v) is 6.98. The molecule has 2 amide bonds. The zero-order chi connectivity index (χ0) is 20.2. The van der Waals surface area contributed by atoms with Crippen LogP contribution in [0.25, 0.3) is 21.8 Å². The average Bonchev–Trinajstić information content (AvgIpc) is 3.06. The molecule has 0 radical (unpaired) electrons. The molecule has 0 bridgehead atoms. The molecule has 0 unspecified atom stereocenters. The Hall–Kier alpha value is -3.60. The van der Waals surface area contributed by atoms with E-state index in [1.54, 1.807) is 0 Å². The lowest BCUT2D eigenvalue weighted by molar-refractivity contribution is -0.123. The third-order valence-corrected chi connectivity index (χ3v) is 5.03. The largest absolute Gasteiger partial charge is 0.347 e. The predicted octanol–water partition coefficient (Wildman–Crippen LogP) is 4.11. The van der Waals surface area contributed by atoms with Gasteiger partial charge in [-0.1, -0.05) is 48.5 Å². The first-order chi connectivity index (χ1) is 14.2. The molecular weight excluding hydrogens is 362 g/mol. The van der Waals surface area contributed by atoms with Gasteiger partial charge in [0.1, 0.15) is 0 Å². The summed E-state index contributed by atoms with van der Waals surface area (Å²) in [6.45, 7) is 2.95. The molecule has 3 aromatic carbocycles. The maximum absolute atomic E-state index is 12.3. The van der Waals surface area contributed by atoms with Gasteiger partial charge in [-0.05, 0) is 36.8 Å². The highest BCUT2D eigenvalue weighted by atomic mass is 16.2. The number of benzene rings is 3. The van der Waals surface area contributed by atoms with Gasteiger partial charge in [0, 0.05) is 34.0 Å². The quantitative estimate of drug-likeness (QED) is 0.525. The number of para-hydroxylation sites is 1. The van der Waals surface area contributed by atoms with Gasteiger partial charge < -0.3 is 15.2 Å². The van der Waals surface area contributed by atoms with Crippen molar-refractivity contribution in [2.24, 2.45) is 0 Å². The van der Waals surface area contributed by atoms with Gasteiger partial charge in [0.2, 0.25) is 11.8 Å². The molecule has 4 rings (SSSR count). The molecule has 146 valence electrons. The Morgan fingerprint density at radius 3 is 2.34 bits per heavy atom. The van der Waals surface area contributed by atoms with Crippen molar-refractivity contribution in [3.63, 3.8) is 0 Å². The minimum Gasteiger partial charge on any atom is -0.347 e. The van der Waals surface area contributed by atoms with E-state index in [9.17, 15) is 9.59 Å². The minimum atomic E-state index is -0.245. The second-order valence-electron chi connectivity index (χ2n) is 6.98. The number of amides is 2. The summed E-state index contributed by atoms with van der Waals surface area (Å²) in [5.41, 5.74) is 3.96. The molecule has 0 atom stereocenters. The van der Waals surface area contributed by atoms with E-state index in [0.717, 1.165) is 34.1 Å². The van der Waals surface area contributed by atoms with Crippen molar-refractivity contribution in [2.75, 3.05) is 11.9 Å². The standard InChI is InChI=1S/C24H23N3O2/c1-2-27-21-11-7-6-10-19(21)20-15-18(12-13-22(20)27)26-24(29)16-25-23(28)14-17-8-4-3-5-9-17/h3-13,15H,2,14,16H2,1H3,(H,25,28)(H,26,29). The van der Waals surface area contributed by atoms with Crippen LogP contribution in [0.1, 0.15) is 12.5 Å². The number of anilines is 1. The smallest absolute Gasteiger partial charge is 0.243 e. The Bertz CT molecular complexity index is 1180. The van der Waals surface area contributed by atoms with Crippen molar-refractivity contribution < 1.29 is 9.59 Å². The third kappa shape index (κ3) is 3.99. The summed E-state index contributed by atoms with van der Waals surface area (Å²) in [5.74, 6) is -0.419. The Morgan fingerprint density at radius 1 is 0.828 bits per heavy atom. The number of hydrogen-bond donors (Lipinski definition) is 2. The molecule has 0 aliphatic heterocycles. The molecule has 0 aliphatic carbocycles. The molecule has 0 fully saturated rings. The van der Waals surface area contributed by atoms with E-state index < -0.39 is 0 Å². The molecule has 0 spiro atoms. The fraction of sp³-hybridized carbons (Fsp3) is 0.167. The van der Waals surface area contributed by atoms with Crippen LogP contribution >= 0.6 is 0 Å². The van der Waals surface area contributed by atoms with Gasteiger partial charge in [0.25, 0.3) is 0 Å². The van der Waals surface area contributed by atoms with Crippen LogP contribution in [0.3, 0.4) is 0 Å². The van der Waals surface area contributed by atoms with Gasteiger partial charge in [-0.2, -0.15) is 0 Å². The summed E-state index contributed by atoms with van der Waals surface area (Å²) in [6, 6.07) is 23.7. The number of hydrogen-bond acceptors (Lipinski definition) is 2. The van der Waals surface area contributed by atoms with E-state index in [4.69, 9.17) is 0 Å². The van der Waals surface area contributed by atoms with Gasteiger partial charge in [0.15, 0.2) is 0 Å². The Morgan fingerprint density at radius 2 is 1.55 bits per heavy atom. The van der Waals surface area contributed by atoms with Crippen LogP contribution < -0.4 is 10.6 Å². The number of nitrogens with one attached hydrogen (secondary N) is 2. The summed E-state index contributed by atoms with van der Waals surface area (Å²) in [6.07, 6.45) is 0.261. The van der Waals surface area contributed by atoms with Gasteiger partial charge >= 0.3 is 0 Å². The van der Waals surface area contributed by atoms with Crippen molar-refractivity contribution >= 4 is 39.3 Å². The summed E-state index contributed by atoms with van der Waals surface area (Å²) in [5, 5.41) is 7.83. The average molecular weight is 385 g/mol. The van der Waals surface area contributed by atoms with Gasteiger partial charge in [0.05, 0.1) is 13.0 Å². The van der Waals surface area contributed by atoms with Gasteiger partial charge in [-0.25, -0.2) is 0 Å². The summed E-state index contributed by atoms with van der Waals surface area (Å²) in [4.78, 5) is 24.3. The first kappa shape index (κ1) is 18.7. The highest BCUT2D eigenvalue weighted by molar-refractivity contribution is 6.10. The van der Waals surface area contributed by atoms with Crippen LogP contribution in [0.5, 0.6) is 0 Å². The van der Waals surface area contributed by atoms with Crippen molar-refractivity contribution in [3.8, 4) is 0 Å². The molecule has 1 aromatic heterocycles. The number of fused-ring (bicyclic) bond motifs is 3. The van der Waals surface area contributed by atoms with Crippen LogP contribution in [0.4, 0.5) is 5.69 Å². The highest BCUT2D eigenvalue weighted by Gasteiger charge is 2.11. The SMILES string of the molecule is CCn1c2ccccc2c2cc(NC(=O)CNC(=O)Cc3ccccc3)ccc21.